The highest BCUT2D eigenvalue weighted by molar-refractivity contribution is 5.77. The van der Waals surface area contributed by atoms with Gasteiger partial charge in [0, 0.05) is 11.6 Å². The van der Waals surface area contributed by atoms with Crippen LogP contribution in [0.15, 0.2) is 60.7 Å². The van der Waals surface area contributed by atoms with Gasteiger partial charge in [-0.3, -0.25) is 0 Å². The summed E-state index contributed by atoms with van der Waals surface area (Å²) in [6.07, 6.45) is 3.39. The molecule has 4 nitrogen and oxygen atoms in total. The second-order valence-corrected chi connectivity index (χ2v) is 5.44. The zero-order chi connectivity index (χ0) is 17.1. The Kier molecular flexibility index (Phi) is 4.12. The van der Waals surface area contributed by atoms with Crippen molar-refractivity contribution >= 4 is 12.2 Å². The summed E-state index contributed by atoms with van der Waals surface area (Å²) >= 11 is 0. The van der Waals surface area contributed by atoms with Crippen LogP contribution < -0.4 is 0 Å². The molecule has 3 rings (SSSR count). The van der Waals surface area contributed by atoms with Gasteiger partial charge in [-0.1, -0.05) is 30.4 Å². The van der Waals surface area contributed by atoms with Gasteiger partial charge >= 0.3 is 0 Å². The van der Waals surface area contributed by atoms with Crippen molar-refractivity contribution in [3.05, 3.63) is 71.8 Å². The molecular formula is C20H16O4. The average molecular weight is 320 g/mol. The van der Waals surface area contributed by atoms with Crippen molar-refractivity contribution < 1.29 is 20.4 Å². The van der Waals surface area contributed by atoms with Crippen LogP contribution in [-0.4, -0.2) is 20.4 Å². The van der Waals surface area contributed by atoms with Crippen LogP contribution in [0.4, 0.5) is 0 Å². The van der Waals surface area contributed by atoms with Crippen molar-refractivity contribution in [2.24, 2.45) is 0 Å². The van der Waals surface area contributed by atoms with E-state index >= 15 is 0 Å². The summed E-state index contributed by atoms with van der Waals surface area (Å²) in [7, 11) is 0. The third-order valence-corrected chi connectivity index (χ3v) is 3.61. The van der Waals surface area contributed by atoms with E-state index in [1.807, 2.05) is 6.07 Å². The van der Waals surface area contributed by atoms with Gasteiger partial charge in [0.25, 0.3) is 0 Å². The van der Waals surface area contributed by atoms with Gasteiger partial charge in [-0.05, 0) is 53.1 Å². The van der Waals surface area contributed by atoms with Crippen LogP contribution >= 0.6 is 0 Å². The van der Waals surface area contributed by atoms with E-state index < -0.39 is 0 Å². The molecule has 0 saturated heterocycles. The lowest BCUT2D eigenvalue weighted by atomic mass is 10.0. The topological polar surface area (TPSA) is 80.9 Å². The third kappa shape index (κ3) is 3.50. The van der Waals surface area contributed by atoms with Crippen molar-refractivity contribution in [1.29, 1.82) is 0 Å². The number of phenols is 4. The predicted octanol–water partition coefficient (Wildman–Crippen LogP) is 4.35. The van der Waals surface area contributed by atoms with Gasteiger partial charge in [0.2, 0.25) is 0 Å². The van der Waals surface area contributed by atoms with Crippen molar-refractivity contribution in [3.8, 4) is 34.1 Å². The fourth-order valence-corrected chi connectivity index (χ4v) is 2.42. The van der Waals surface area contributed by atoms with Gasteiger partial charge in [0.05, 0.1) is 0 Å². The first-order valence-electron chi connectivity index (χ1n) is 7.35. The molecule has 120 valence electrons. The van der Waals surface area contributed by atoms with Crippen molar-refractivity contribution in [2.75, 3.05) is 0 Å². The molecule has 0 heterocycles. The van der Waals surface area contributed by atoms with Gasteiger partial charge in [-0.25, -0.2) is 0 Å². The smallest absolute Gasteiger partial charge is 0.122 e. The van der Waals surface area contributed by atoms with Crippen LogP contribution in [0.5, 0.6) is 23.0 Å². The number of aromatic hydroxyl groups is 4. The van der Waals surface area contributed by atoms with E-state index in [-0.39, 0.29) is 23.0 Å². The molecule has 0 fully saturated rings. The normalized spacial score (nSPS) is 11.0. The fraction of sp³-hybridized carbons (Fsp3) is 0. The van der Waals surface area contributed by atoms with Crippen molar-refractivity contribution in [1.82, 2.24) is 0 Å². The first-order chi connectivity index (χ1) is 11.5. The molecule has 24 heavy (non-hydrogen) atoms. The molecule has 0 bridgehead atoms. The molecule has 0 spiro atoms. The Hall–Kier alpha value is -3.40. The molecule has 0 aliphatic heterocycles. The molecule has 0 aliphatic rings. The monoisotopic (exact) mass is 320 g/mol. The number of hydrogen-bond acceptors (Lipinski definition) is 4. The van der Waals surface area contributed by atoms with E-state index in [2.05, 4.69) is 0 Å². The average Bonchev–Trinajstić information content (AvgIpc) is 2.54. The van der Waals surface area contributed by atoms with Gasteiger partial charge in [0.1, 0.15) is 23.0 Å². The lowest BCUT2D eigenvalue weighted by molar-refractivity contribution is 0.450. The summed E-state index contributed by atoms with van der Waals surface area (Å²) in [6.45, 7) is 0. The van der Waals surface area contributed by atoms with E-state index in [1.54, 1.807) is 48.6 Å². The molecule has 0 aliphatic carbocycles. The molecule has 0 amide bonds. The standard InChI is InChI=1S/C20H16O4/c21-17-6-3-14(4-7-17)15-5-8-20(24)16(11-15)2-1-13-9-18(22)12-19(23)10-13/h1-12,21-24H/b2-1+. The maximum absolute atomic E-state index is 10.0. The second kappa shape index (κ2) is 6.38. The van der Waals surface area contributed by atoms with Gasteiger partial charge in [-0.2, -0.15) is 0 Å². The fourth-order valence-electron chi connectivity index (χ4n) is 2.42. The van der Waals surface area contributed by atoms with Crippen molar-refractivity contribution in [2.45, 2.75) is 0 Å². The van der Waals surface area contributed by atoms with E-state index in [9.17, 15) is 20.4 Å². The quantitative estimate of drug-likeness (QED) is 0.541. The summed E-state index contributed by atoms with van der Waals surface area (Å²) in [5, 5.41) is 38.4. The van der Waals surface area contributed by atoms with E-state index in [0.29, 0.717) is 11.1 Å². The van der Waals surface area contributed by atoms with E-state index in [0.717, 1.165) is 11.1 Å². The predicted molar refractivity (Wildman–Crippen MR) is 93.9 cm³/mol. The van der Waals surface area contributed by atoms with Crippen LogP contribution in [-0.2, 0) is 0 Å². The minimum Gasteiger partial charge on any atom is -0.508 e. The van der Waals surface area contributed by atoms with Crippen LogP contribution in [0, 0.1) is 0 Å². The maximum Gasteiger partial charge on any atom is 0.122 e. The maximum atomic E-state index is 10.0. The van der Waals surface area contributed by atoms with Gasteiger partial charge < -0.3 is 20.4 Å². The Morgan fingerprint density at radius 3 is 1.83 bits per heavy atom. The van der Waals surface area contributed by atoms with Crippen molar-refractivity contribution in [3.63, 3.8) is 0 Å². The summed E-state index contributed by atoms with van der Waals surface area (Å²) < 4.78 is 0. The summed E-state index contributed by atoms with van der Waals surface area (Å²) in [6, 6.07) is 16.3. The molecule has 4 heteroatoms. The molecule has 0 aromatic heterocycles. The van der Waals surface area contributed by atoms with Crippen LogP contribution in [0.3, 0.4) is 0 Å². The Labute approximate surface area is 139 Å². The SMILES string of the molecule is Oc1ccc(-c2ccc(O)c(/C=C/c3cc(O)cc(O)c3)c2)cc1. The second-order valence-electron chi connectivity index (χ2n) is 5.44. The lowest BCUT2D eigenvalue weighted by Crippen LogP contribution is -1.81. The Morgan fingerprint density at radius 1 is 0.542 bits per heavy atom. The third-order valence-electron chi connectivity index (χ3n) is 3.61. The number of rotatable bonds is 3. The lowest BCUT2D eigenvalue weighted by Gasteiger charge is -2.06. The molecule has 0 saturated carbocycles. The first-order valence-corrected chi connectivity index (χ1v) is 7.35. The minimum absolute atomic E-state index is 0.0308. The number of phenolic OH excluding ortho intramolecular Hbond substituents is 4. The molecule has 3 aromatic carbocycles. The Bertz CT molecular complexity index is 876. The van der Waals surface area contributed by atoms with Crippen LogP contribution in [0.25, 0.3) is 23.3 Å². The minimum atomic E-state index is -0.0308. The highest BCUT2D eigenvalue weighted by Crippen LogP contribution is 2.29. The molecule has 4 N–H and O–H groups in total. The van der Waals surface area contributed by atoms with Gasteiger partial charge in [0.15, 0.2) is 0 Å². The number of benzene rings is 3. The molecule has 0 unspecified atom stereocenters. The molecule has 0 atom stereocenters. The molecular weight excluding hydrogens is 304 g/mol. The van der Waals surface area contributed by atoms with E-state index in [4.69, 9.17) is 0 Å². The summed E-state index contributed by atoms with van der Waals surface area (Å²) in [5.74, 6) is 0.257. The highest BCUT2D eigenvalue weighted by Gasteiger charge is 2.03. The Morgan fingerprint density at radius 2 is 1.17 bits per heavy atom. The van der Waals surface area contributed by atoms with E-state index in [1.165, 1.54) is 18.2 Å². The molecule has 3 aromatic rings. The summed E-state index contributed by atoms with van der Waals surface area (Å²) in [5.41, 5.74) is 3.02. The molecule has 0 radical (unpaired) electrons. The van der Waals surface area contributed by atoms with Crippen LogP contribution in [0.1, 0.15) is 11.1 Å². The van der Waals surface area contributed by atoms with Gasteiger partial charge in [-0.15, -0.1) is 0 Å². The zero-order valence-electron chi connectivity index (χ0n) is 12.7. The number of hydrogen-bond donors (Lipinski definition) is 4. The van der Waals surface area contributed by atoms with Crippen LogP contribution in [0.2, 0.25) is 0 Å². The first kappa shape index (κ1) is 15.5. The Balaban J connectivity index is 1.94. The highest BCUT2D eigenvalue weighted by atomic mass is 16.3. The summed E-state index contributed by atoms with van der Waals surface area (Å²) in [4.78, 5) is 0. The largest absolute Gasteiger partial charge is 0.508 e. The zero-order valence-corrected chi connectivity index (χ0v) is 12.7.